The van der Waals surface area contributed by atoms with Crippen LogP contribution in [-0.2, 0) is 4.79 Å². The zero-order valence-electron chi connectivity index (χ0n) is 15.0. The molecule has 0 aliphatic carbocycles. The number of carbonyl (C=O) groups is 1. The van der Waals surface area contributed by atoms with Crippen LogP contribution in [0.15, 0.2) is 42.5 Å². The van der Waals surface area contributed by atoms with Crippen molar-refractivity contribution < 1.29 is 19.0 Å². The van der Waals surface area contributed by atoms with Crippen LogP contribution in [0.2, 0.25) is 0 Å². The predicted octanol–water partition coefficient (Wildman–Crippen LogP) is 3.54. The summed E-state index contributed by atoms with van der Waals surface area (Å²) in [7, 11) is 3.16. The van der Waals surface area contributed by atoms with Gasteiger partial charge in [0.2, 0.25) is 5.91 Å². The maximum atomic E-state index is 12.3. The Morgan fingerprint density at radius 3 is 2.44 bits per heavy atom. The summed E-state index contributed by atoms with van der Waals surface area (Å²) in [5.74, 6) is 1.76. The molecule has 2 aromatic carbocycles. The van der Waals surface area contributed by atoms with E-state index in [1.807, 2.05) is 38.1 Å². The van der Waals surface area contributed by atoms with Crippen molar-refractivity contribution in [2.75, 3.05) is 31.4 Å². The van der Waals surface area contributed by atoms with Crippen molar-refractivity contribution in [2.45, 2.75) is 20.0 Å². The molecular weight excluding hydrogens is 320 g/mol. The Labute approximate surface area is 148 Å². The first kappa shape index (κ1) is 18.4. The van der Waals surface area contributed by atoms with Crippen LogP contribution < -0.4 is 24.8 Å². The van der Waals surface area contributed by atoms with Gasteiger partial charge in [-0.2, -0.15) is 0 Å². The summed E-state index contributed by atoms with van der Waals surface area (Å²) in [4.78, 5) is 12.3. The normalized spacial score (nSPS) is 10.3. The number of hydrogen-bond donors (Lipinski definition) is 2. The lowest BCUT2D eigenvalue weighted by atomic mass is 10.2. The monoisotopic (exact) mass is 344 g/mol. The highest BCUT2D eigenvalue weighted by molar-refractivity contribution is 5.95. The van der Waals surface area contributed by atoms with E-state index in [0.717, 1.165) is 0 Å². The summed E-state index contributed by atoms with van der Waals surface area (Å²) in [6, 6.07) is 12.7. The first-order valence-electron chi connectivity index (χ1n) is 8.05. The Kier molecular flexibility index (Phi) is 6.51. The molecule has 0 aromatic heterocycles. The molecule has 0 saturated carbocycles. The van der Waals surface area contributed by atoms with Crippen LogP contribution in [0.4, 0.5) is 11.4 Å². The first-order valence-corrected chi connectivity index (χ1v) is 8.05. The predicted molar refractivity (Wildman–Crippen MR) is 98.9 cm³/mol. The lowest BCUT2D eigenvalue weighted by Crippen LogP contribution is -2.22. The van der Waals surface area contributed by atoms with Gasteiger partial charge in [0, 0.05) is 6.07 Å². The lowest BCUT2D eigenvalue weighted by Gasteiger charge is -2.15. The molecule has 25 heavy (non-hydrogen) atoms. The molecule has 2 rings (SSSR count). The second-order valence-electron chi connectivity index (χ2n) is 5.63. The van der Waals surface area contributed by atoms with Gasteiger partial charge in [0.1, 0.15) is 17.2 Å². The molecule has 0 heterocycles. The molecule has 6 heteroatoms. The van der Waals surface area contributed by atoms with Crippen LogP contribution in [0.25, 0.3) is 0 Å². The molecule has 0 saturated heterocycles. The summed E-state index contributed by atoms with van der Waals surface area (Å²) in [6.45, 7) is 3.98. The van der Waals surface area contributed by atoms with Crippen molar-refractivity contribution in [3.05, 3.63) is 42.5 Å². The number of nitrogens with one attached hydrogen (secondary N) is 2. The summed E-state index contributed by atoms with van der Waals surface area (Å²) in [5.41, 5.74) is 1.36. The Bertz CT molecular complexity index is 716. The smallest absolute Gasteiger partial charge is 0.243 e. The number of amides is 1. The molecule has 2 aromatic rings. The van der Waals surface area contributed by atoms with Gasteiger partial charge in [0.15, 0.2) is 0 Å². The number of anilines is 2. The van der Waals surface area contributed by atoms with Crippen LogP contribution in [0.1, 0.15) is 13.8 Å². The number of benzene rings is 2. The number of carbonyl (C=O) groups excluding carboxylic acids is 1. The Hall–Kier alpha value is -2.89. The van der Waals surface area contributed by atoms with E-state index >= 15 is 0 Å². The van der Waals surface area contributed by atoms with E-state index < -0.39 is 0 Å². The van der Waals surface area contributed by atoms with E-state index in [1.54, 1.807) is 32.4 Å². The maximum Gasteiger partial charge on any atom is 0.243 e. The Morgan fingerprint density at radius 2 is 1.76 bits per heavy atom. The van der Waals surface area contributed by atoms with E-state index in [-0.39, 0.29) is 18.6 Å². The van der Waals surface area contributed by atoms with Crippen molar-refractivity contribution >= 4 is 17.3 Å². The standard InChI is InChI=1S/C19H24N2O4/c1-13(2)25-17-8-6-5-7-16(17)21-19(22)12-20-15-10-9-14(23-3)11-18(15)24-4/h5-11,13,20H,12H2,1-4H3,(H,21,22). The van der Waals surface area contributed by atoms with E-state index in [4.69, 9.17) is 14.2 Å². The molecular formula is C19H24N2O4. The molecule has 0 bridgehead atoms. The molecule has 0 unspecified atom stereocenters. The highest BCUT2D eigenvalue weighted by atomic mass is 16.5. The topological polar surface area (TPSA) is 68.8 Å². The quantitative estimate of drug-likeness (QED) is 0.766. The molecule has 0 aliphatic rings. The van der Waals surface area contributed by atoms with Crippen molar-refractivity contribution in [3.8, 4) is 17.2 Å². The average molecular weight is 344 g/mol. The SMILES string of the molecule is COc1ccc(NCC(=O)Nc2ccccc2OC(C)C)c(OC)c1. The summed E-state index contributed by atoms with van der Waals surface area (Å²) in [6.07, 6.45) is 0.0275. The molecule has 1 amide bonds. The van der Waals surface area contributed by atoms with Gasteiger partial charge in [0.25, 0.3) is 0 Å². The van der Waals surface area contributed by atoms with Crippen molar-refractivity contribution in [1.82, 2.24) is 0 Å². The fourth-order valence-corrected chi connectivity index (χ4v) is 2.24. The molecule has 0 atom stereocenters. The fraction of sp³-hybridized carbons (Fsp3) is 0.316. The molecule has 2 N–H and O–H groups in total. The third-order valence-electron chi connectivity index (χ3n) is 3.37. The molecule has 0 fully saturated rings. The van der Waals surface area contributed by atoms with Gasteiger partial charge in [-0.1, -0.05) is 12.1 Å². The van der Waals surface area contributed by atoms with Crippen LogP contribution in [0.5, 0.6) is 17.2 Å². The maximum absolute atomic E-state index is 12.3. The molecule has 0 radical (unpaired) electrons. The summed E-state index contributed by atoms with van der Waals surface area (Å²) < 4.78 is 16.2. The number of rotatable bonds is 8. The molecule has 0 spiro atoms. The van der Waals surface area contributed by atoms with Crippen molar-refractivity contribution in [2.24, 2.45) is 0 Å². The van der Waals surface area contributed by atoms with Crippen LogP contribution in [-0.4, -0.2) is 32.8 Å². The van der Waals surface area contributed by atoms with E-state index in [1.165, 1.54) is 0 Å². The van der Waals surface area contributed by atoms with Gasteiger partial charge in [-0.15, -0.1) is 0 Å². The Morgan fingerprint density at radius 1 is 1.00 bits per heavy atom. The van der Waals surface area contributed by atoms with Crippen LogP contribution >= 0.6 is 0 Å². The van der Waals surface area contributed by atoms with Gasteiger partial charge in [-0.05, 0) is 38.1 Å². The second kappa shape index (κ2) is 8.82. The minimum Gasteiger partial charge on any atom is -0.497 e. The van der Waals surface area contributed by atoms with Gasteiger partial charge in [-0.25, -0.2) is 0 Å². The summed E-state index contributed by atoms with van der Waals surface area (Å²) in [5, 5.41) is 5.92. The highest BCUT2D eigenvalue weighted by Gasteiger charge is 2.10. The number of hydrogen-bond acceptors (Lipinski definition) is 5. The van der Waals surface area contributed by atoms with Crippen molar-refractivity contribution in [3.63, 3.8) is 0 Å². The van der Waals surface area contributed by atoms with E-state index in [9.17, 15) is 4.79 Å². The molecule has 134 valence electrons. The fourth-order valence-electron chi connectivity index (χ4n) is 2.24. The zero-order valence-corrected chi connectivity index (χ0v) is 15.0. The van der Waals surface area contributed by atoms with Crippen LogP contribution in [0, 0.1) is 0 Å². The minimum atomic E-state index is -0.183. The molecule has 0 aliphatic heterocycles. The average Bonchev–Trinajstić information content (AvgIpc) is 2.61. The zero-order chi connectivity index (χ0) is 18.2. The van der Waals surface area contributed by atoms with E-state index in [2.05, 4.69) is 10.6 Å². The van der Waals surface area contributed by atoms with Crippen molar-refractivity contribution in [1.29, 1.82) is 0 Å². The number of methoxy groups -OCH3 is 2. The lowest BCUT2D eigenvalue weighted by molar-refractivity contribution is -0.114. The minimum absolute atomic E-state index is 0.0275. The second-order valence-corrected chi connectivity index (χ2v) is 5.63. The largest absolute Gasteiger partial charge is 0.497 e. The summed E-state index contributed by atoms with van der Waals surface area (Å²) >= 11 is 0. The highest BCUT2D eigenvalue weighted by Crippen LogP contribution is 2.29. The third-order valence-corrected chi connectivity index (χ3v) is 3.37. The van der Waals surface area contributed by atoms with Gasteiger partial charge in [-0.3, -0.25) is 4.79 Å². The van der Waals surface area contributed by atoms with Gasteiger partial charge >= 0.3 is 0 Å². The van der Waals surface area contributed by atoms with Gasteiger partial charge in [0.05, 0.1) is 38.2 Å². The first-order chi connectivity index (χ1) is 12.0. The number of para-hydroxylation sites is 2. The van der Waals surface area contributed by atoms with Crippen LogP contribution in [0.3, 0.4) is 0 Å². The molecule has 6 nitrogen and oxygen atoms in total. The number of ether oxygens (including phenoxy) is 3. The van der Waals surface area contributed by atoms with Gasteiger partial charge < -0.3 is 24.8 Å². The third kappa shape index (κ3) is 5.31. The van der Waals surface area contributed by atoms with E-state index in [0.29, 0.717) is 28.6 Å². The Balaban J connectivity index is 2.00.